The van der Waals surface area contributed by atoms with E-state index in [1.807, 2.05) is 0 Å². The third-order valence-corrected chi connectivity index (χ3v) is 9.36. The van der Waals surface area contributed by atoms with E-state index in [0.717, 1.165) is 17.8 Å². The summed E-state index contributed by atoms with van der Waals surface area (Å²) in [5.74, 6) is 2.16. The van der Waals surface area contributed by atoms with Crippen LogP contribution in [0.3, 0.4) is 0 Å². The minimum Gasteiger partial charge on any atom is -0.282 e. The van der Waals surface area contributed by atoms with Crippen LogP contribution in [0.5, 0.6) is 0 Å². The molecule has 0 aliphatic heterocycles. The van der Waals surface area contributed by atoms with Crippen LogP contribution in [0.25, 0.3) is 0 Å². The molecule has 162 valence electrons. The molecule has 4 rings (SSSR count). The van der Waals surface area contributed by atoms with Crippen molar-refractivity contribution in [3.05, 3.63) is 29.8 Å². The van der Waals surface area contributed by atoms with Gasteiger partial charge in [-0.3, -0.25) is 4.55 Å². The largest absolute Gasteiger partial charge is 0.294 e. The highest BCUT2D eigenvalue weighted by Gasteiger charge is 2.51. The maximum absolute atomic E-state index is 11.7. The number of hydrogen-bond donors (Lipinski definition) is 1. The molecular weight excluding hydrogens is 380 g/mol. The van der Waals surface area contributed by atoms with Gasteiger partial charge in [0.2, 0.25) is 0 Å². The average molecular weight is 419 g/mol. The van der Waals surface area contributed by atoms with Gasteiger partial charge < -0.3 is 0 Å². The zero-order valence-corrected chi connectivity index (χ0v) is 18.6. The molecule has 3 saturated carbocycles. The van der Waals surface area contributed by atoms with Crippen LogP contribution in [0.4, 0.5) is 0 Å². The first-order valence-electron chi connectivity index (χ1n) is 12.1. The van der Waals surface area contributed by atoms with Crippen LogP contribution in [0.1, 0.15) is 102 Å². The number of benzene rings is 1. The van der Waals surface area contributed by atoms with Crippen LogP contribution in [0, 0.1) is 17.8 Å². The first-order chi connectivity index (χ1) is 14.0. The van der Waals surface area contributed by atoms with Crippen LogP contribution in [0.2, 0.25) is 0 Å². The van der Waals surface area contributed by atoms with Gasteiger partial charge in [0.1, 0.15) is 0 Å². The molecule has 0 atom stereocenters. The Morgan fingerprint density at radius 1 is 0.621 bits per heavy atom. The molecule has 4 heteroatoms. The molecule has 0 bridgehead atoms. The first kappa shape index (κ1) is 21.4. The Morgan fingerprint density at radius 2 is 0.966 bits per heavy atom. The van der Waals surface area contributed by atoms with E-state index in [9.17, 15) is 13.0 Å². The highest BCUT2D eigenvalue weighted by Crippen LogP contribution is 2.57. The Balaban J connectivity index is 1.82. The van der Waals surface area contributed by atoms with Crippen molar-refractivity contribution in [3.8, 4) is 0 Å². The first-order valence-corrected chi connectivity index (χ1v) is 13.5. The summed E-state index contributed by atoms with van der Waals surface area (Å²) in [6.45, 7) is 0. The van der Waals surface area contributed by atoms with Crippen LogP contribution < -0.4 is 0 Å². The number of rotatable bonds is 5. The van der Waals surface area contributed by atoms with Crippen molar-refractivity contribution in [2.75, 3.05) is 0 Å². The maximum Gasteiger partial charge on any atom is 0.294 e. The zero-order valence-electron chi connectivity index (χ0n) is 17.8. The van der Waals surface area contributed by atoms with Gasteiger partial charge in [0.05, 0.1) is 4.90 Å². The quantitative estimate of drug-likeness (QED) is 0.528. The average Bonchev–Trinajstić information content (AvgIpc) is 2.76. The van der Waals surface area contributed by atoms with Crippen molar-refractivity contribution in [1.82, 2.24) is 0 Å². The summed E-state index contributed by atoms with van der Waals surface area (Å²) in [5, 5.41) is 0. The third kappa shape index (κ3) is 4.30. The second-order valence-corrected chi connectivity index (χ2v) is 11.4. The highest BCUT2D eigenvalue weighted by molar-refractivity contribution is 7.85. The molecule has 1 aromatic rings. The molecule has 0 aromatic heterocycles. The summed E-state index contributed by atoms with van der Waals surface area (Å²) in [6.07, 6.45) is 20.1. The number of hydrogen-bond acceptors (Lipinski definition) is 2. The van der Waals surface area contributed by atoms with Crippen LogP contribution >= 0.6 is 0 Å². The SMILES string of the molecule is O=S(=O)(O)c1ccc(C(C2CCCCC2)(C2CCCCC2)C2CCCCC2)cc1. The van der Waals surface area contributed by atoms with E-state index in [1.165, 1.54) is 102 Å². The summed E-state index contributed by atoms with van der Waals surface area (Å²) < 4.78 is 32.8. The van der Waals surface area contributed by atoms with E-state index in [1.54, 1.807) is 12.1 Å². The normalized spacial score (nSPS) is 23.9. The molecule has 3 aliphatic carbocycles. The topological polar surface area (TPSA) is 54.4 Å². The van der Waals surface area contributed by atoms with Crippen molar-refractivity contribution in [3.63, 3.8) is 0 Å². The van der Waals surface area contributed by atoms with Crippen LogP contribution in [-0.2, 0) is 15.5 Å². The lowest BCUT2D eigenvalue weighted by atomic mass is 9.49. The second kappa shape index (κ2) is 9.09. The van der Waals surface area contributed by atoms with Gasteiger partial charge in [0, 0.05) is 5.41 Å². The molecule has 0 spiro atoms. The van der Waals surface area contributed by atoms with Crippen LogP contribution in [-0.4, -0.2) is 13.0 Å². The van der Waals surface area contributed by atoms with Gasteiger partial charge in [-0.1, -0.05) is 69.9 Å². The molecule has 3 aliphatic rings. The van der Waals surface area contributed by atoms with Crippen molar-refractivity contribution in [1.29, 1.82) is 0 Å². The van der Waals surface area contributed by atoms with E-state index in [4.69, 9.17) is 0 Å². The molecule has 0 saturated heterocycles. The van der Waals surface area contributed by atoms with E-state index >= 15 is 0 Å². The second-order valence-electron chi connectivity index (χ2n) is 9.94. The summed E-state index contributed by atoms with van der Waals surface area (Å²) in [6, 6.07) is 7.46. The molecule has 0 amide bonds. The minimum absolute atomic E-state index is 0.0334. The van der Waals surface area contributed by atoms with Crippen molar-refractivity contribution in [2.24, 2.45) is 17.8 Å². The van der Waals surface area contributed by atoms with Gasteiger partial charge in [-0.25, -0.2) is 0 Å². The monoisotopic (exact) mass is 418 g/mol. The predicted molar refractivity (Wildman–Crippen MR) is 118 cm³/mol. The fraction of sp³-hybridized carbons (Fsp3) is 0.760. The maximum atomic E-state index is 11.7. The fourth-order valence-electron chi connectivity index (χ4n) is 7.36. The lowest BCUT2D eigenvalue weighted by Gasteiger charge is -2.55. The fourth-order valence-corrected chi connectivity index (χ4v) is 7.84. The van der Waals surface area contributed by atoms with Crippen molar-refractivity contribution in [2.45, 2.75) is 107 Å². The Kier molecular flexibility index (Phi) is 6.70. The van der Waals surface area contributed by atoms with Gasteiger partial charge >= 0.3 is 0 Å². The minimum atomic E-state index is -4.14. The molecule has 0 heterocycles. The summed E-state index contributed by atoms with van der Waals surface area (Å²) in [5.41, 5.74) is 1.56. The molecular formula is C25H38O3S. The summed E-state index contributed by atoms with van der Waals surface area (Å²) >= 11 is 0. The summed E-state index contributed by atoms with van der Waals surface area (Å²) in [7, 11) is -4.14. The lowest BCUT2D eigenvalue weighted by molar-refractivity contribution is 0.0243. The van der Waals surface area contributed by atoms with Crippen molar-refractivity contribution < 1.29 is 13.0 Å². The van der Waals surface area contributed by atoms with Gasteiger partial charge in [-0.2, -0.15) is 8.42 Å². The lowest BCUT2D eigenvalue weighted by Crippen LogP contribution is -2.50. The Bertz CT molecular complexity index is 704. The Hall–Kier alpha value is -0.870. The standard InChI is InChI=1S/C25H38O3S/c26-29(27,28)24-18-16-23(17-19-24)25(20-10-4-1-5-11-20,21-12-6-2-7-13-21)22-14-8-3-9-15-22/h16-22H,1-15H2,(H,26,27,28). The molecule has 0 radical (unpaired) electrons. The molecule has 3 nitrogen and oxygen atoms in total. The third-order valence-electron chi connectivity index (χ3n) is 8.49. The van der Waals surface area contributed by atoms with Gasteiger partial charge in [0.25, 0.3) is 10.1 Å². The zero-order chi connectivity index (χ0) is 20.3. The molecule has 0 unspecified atom stereocenters. The van der Waals surface area contributed by atoms with Gasteiger partial charge in [0.15, 0.2) is 0 Å². The molecule has 1 N–H and O–H groups in total. The van der Waals surface area contributed by atoms with Gasteiger partial charge in [-0.05, 0) is 74.0 Å². The van der Waals surface area contributed by atoms with Gasteiger partial charge in [-0.15, -0.1) is 0 Å². The molecule has 1 aromatic carbocycles. The highest BCUT2D eigenvalue weighted by atomic mass is 32.2. The van der Waals surface area contributed by atoms with E-state index < -0.39 is 10.1 Å². The van der Waals surface area contributed by atoms with E-state index in [2.05, 4.69) is 12.1 Å². The smallest absolute Gasteiger partial charge is 0.282 e. The van der Waals surface area contributed by atoms with E-state index in [-0.39, 0.29) is 10.3 Å². The van der Waals surface area contributed by atoms with E-state index in [0.29, 0.717) is 0 Å². The summed E-state index contributed by atoms with van der Waals surface area (Å²) in [4.78, 5) is 0.0334. The Labute approximate surface area is 177 Å². The van der Waals surface area contributed by atoms with Crippen LogP contribution in [0.15, 0.2) is 29.2 Å². The molecule has 3 fully saturated rings. The van der Waals surface area contributed by atoms with Crippen molar-refractivity contribution >= 4 is 10.1 Å². The Morgan fingerprint density at radius 3 is 1.28 bits per heavy atom. The predicted octanol–water partition coefficient (Wildman–Crippen LogP) is 6.91. The molecule has 29 heavy (non-hydrogen) atoms.